The van der Waals surface area contributed by atoms with Gasteiger partial charge < -0.3 is 25.4 Å². The fourth-order valence-corrected chi connectivity index (χ4v) is 2.81. The van der Waals surface area contributed by atoms with E-state index in [1.807, 2.05) is 19.1 Å². The molecule has 144 valence electrons. The number of nitrogens with two attached hydrogens (primary N) is 1. The summed E-state index contributed by atoms with van der Waals surface area (Å²) in [6.07, 6.45) is 1.26. The van der Waals surface area contributed by atoms with Crippen molar-refractivity contribution in [2.75, 3.05) is 26.2 Å². The van der Waals surface area contributed by atoms with Crippen LogP contribution in [0.4, 0.5) is 4.79 Å². The molecule has 8 heteroatoms. The first-order valence-electron chi connectivity index (χ1n) is 8.88. The number of likely N-dealkylation sites (tertiary alicyclic amines) is 1. The van der Waals surface area contributed by atoms with Crippen LogP contribution in [-0.4, -0.2) is 55.3 Å². The molecule has 1 saturated heterocycles. The molecule has 1 aliphatic heterocycles. The van der Waals surface area contributed by atoms with E-state index in [1.165, 1.54) is 0 Å². The van der Waals surface area contributed by atoms with Crippen LogP contribution >= 0.6 is 11.6 Å². The van der Waals surface area contributed by atoms with Crippen LogP contribution in [0.15, 0.2) is 29.3 Å². The van der Waals surface area contributed by atoms with Crippen LogP contribution in [0.3, 0.4) is 0 Å². The summed E-state index contributed by atoms with van der Waals surface area (Å²) < 4.78 is 10.8. The normalized spacial score (nSPS) is 16.9. The molecule has 0 radical (unpaired) electrons. The Morgan fingerprint density at radius 2 is 2.04 bits per heavy atom. The number of carbonyl (C=O) groups is 1. The van der Waals surface area contributed by atoms with Crippen molar-refractivity contribution in [3.8, 4) is 5.75 Å². The zero-order valence-electron chi connectivity index (χ0n) is 15.3. The van der Waals surface area contributed by atoms with Crippen molar-refractivity contribution in [1.82, 2.24) is 10.2 Å². The van der Waals surface area contributed by atoms with Crippen LogP contribution in [-0.2, 0) is 4.74 Å². The van der Waals surface area contributed by atoms with Gasteiger partial charge in [0.1, 0.15) is 11.9 Å². The average Bonchev–Trinajstić information content (AvgIpc) is 2.63. The fourth-order valence-electron chi connectivity index (χ4n) is 2.69. The molecule has 1 aromatic rings. The highest BCUT2D eigenvalue weighted by Gasteiger charge is 2.23. The maximum atomic E-state index is 11.7. The fraction of sp³-hybridized carbons (Fsp3) is 0.556. The van der Waals surface area contributed by atoms with Gasteiger partial charge >= 0.3 is 6.09 Å². The molecule has 0 bridgehead atoms. The topological polar surface area (TPSA) is 89.2 Å². The predicted molar refractivity (Wildman–Crippen MR) is 103 cm³/mol. The van der Waals surface area contributed by atoms with Crippen LogP contribution in [0.5, 0.6) is 5.75 Å². The molecule has 1 amide bonds. The monoisotopic (exact) mass is 382 g/mol. The maximum absolute atomic E-state index is 11.7. The molecule has 0 aliphatic carbocycles. The molecule has 7 nitrogen and oxygen atoms in total. The van der Waals surface area contributed by atoms with Gasteiger partial charge in [-0.1, -0.05) is 11.6 Å². The smallest absolute Gasteiger partial charge is 0.409 e. The van der Waals surface area contributed by atoms with Crippen LogP contribution in [0, 0.1) is 0 Å². The van der Waals surface area contributed by atoms with Gasteiger partial charge in [-0.2, -0.15) is 0 Å². The van der Waals surface area contributed by atoms with Crippen molar-refractivity contribution in [3.63, 3.8) is 0 Å². The summed E-state index contributed by atoms with van der Waals surface area (Å²) in [4.78, 5) is 17.7. The predicted octanol–water partition coefficient (Wildman–Crippen LogP) is 2.63. The highest BCUT2D eigenvalue weighted by Crippen LogP contribution is 2.17. The van der Waals surface area contributed by atoms with Gasteiger partial charge in [-0.15, -0.1) is 0 Å². The molecule has 0 aromatic heterocycles. The molecule has 1 unspecified atom stereocenters. The quantitative estimate of drug-likeness (QED) is 0.583. The van der Waals surface area contributed by atoms with Crippen LogP contribution in [0.2, 0.25) is 5.02 Å². The standard InChI is InChI=1S/C18H27ClN4O3/c1-3-25-18(24)23-10-8-15(9-11-23)22-17(20)21-12-13(2)26-16-6-4-14(19)5-7-16/h4-7,13,15H,3,8-12H2,1-2H3,(H3,20,21,22). The third-order valence-electron chi connectivity index (χ3n) is 4.04. The number of aliphatic imine (C=N–C) groups is 1. The van der Waals surface area contributed by atoms with Gasteiger partial charge in [-0.05, 0) is 51.0 Å². The lowest BCUT2D eigenvalue weighted by molar-refractivity contribution is 0.0963. The van der Waals surface area contributed by atoms with E-state index >= 15 is 0 Å². The minimum Gasteiger partial charge on any atom is -0.489 e. The number of ether oxygens (including phenoxy) is 2. The zero-order chi connectivity index (χ0) is 18.9. The van der Waals surface area contributed by atoms with E-state index < -0.39 is 0 Å². The number of rotatable bonds is 6. The first-order valence-corrected chi connectivity index (χ1v) is 9.26. The molecule has 1 aliphatic rings. The van der Waals surface area contributed by atoms with Crippen molar-refractivity contribution in [2.45, 2.75) is 38.8 Å². The van der Waals surface area contributed by atoms with Crippen molar-refractivity contribution < 1.29 is 14.3 Å². The van der Waals surface area contributed by atoms with Gasteiger partial charge in [0.2, 0.25) is 0 Å². The molecule has 1 atom stereocenters. The minimum atomic E-state index is -0.249. The van der Waals surface area contributed by atoms with Gasteiger partial charge in [-0.3, -0.25) is 0 Å². The third kappa shape index (κ3) is 6.63. The van der Waals surface area contributed by atoms with Gasteiger partial charge in [0.05, 0.1) is 13.2 Å². The summed E-state index contributed by atoms with van der Waals surface area (Å²) in [6.45, 7) is 5.89. The first-order chi connectivity index (χ1) is 12.5. The van der Waals surface area contributed by atoms with E-state index in [1.54, 1.807) is 24.0 Å². The van der Waals surface area contributed by atoms with Gasteiger partial charge in [0.15, 0.2) is 5.96 Å². The SMILES string of the molecule is CCOC(=O)N1CCC(NC(N)=NCC(C)Oc2ccc(Cl)cc2)CC1. The largest absolute Gasteiger partial charge is 0.489 e. The number of halogens is 1. The van der Waals surface area contributed by atoms with E-state index in [9.17, 15) is 4.79 Å². The van der Waals surface area contributed by atoms with Crippen LogP contribution in [0.25, 0.3) is 0 Å². The molecule has 3 N–H and O–H groups in total. The Bertz CT molecular complexity index is 601. The van der Waals surface area contributed by atoms with E-state index in [2.05, 4.69) is 10.3 Å². The zero-order valence-corrected chi connectivity index (χ0v) is 16.0. The maximum Gasteiger partial charge on any atom is 0.409 e. The number of hydrogen-bond acceptors (Lipinski definition) is 4. The number of hydrogen-bond donors (Lipinski definition) is 2. The second-order valence-electron chi connectivity index (χ2n) is 6.21. The average molecular weight is 383 g/mol. The van der Waals surface area contributed by atoms with E-state index in [0.717, 1.165) is 18.6 Å². The number of carbonyl (C=O) groups excluding carboxylic acids is 1. The Balaban J connectivity index is 1.71. The Hall–Kier alpha value is -2.15. The van der Waals surface area contributed by atoms with Crippen molar-refractivity contribution >= 4 is 23.7 Å². The molecule has 1 fully saturated rings. The van der Waals surface area contributed by atoms with Gasteiger partial charge in [-0.25, -0.2) is 9.79 Å². The van der Waals surface area contributed by atoms with Gasteiger partial charge in [0, 0.05) is 24.2 Å². The summed E-state index contributed by atoms with van der Waals surface area (Å²) in [7, 11) is 0. The highest BCUT2D eigenvalue weighted by molar-refractivity contribution is 6.30. The number of amides is 1. The van der Waals surface area contributed by atoms with Crippen LogP contribution in [0.1, 0.15) is 26.7 Å². The Morgan fingerprint density at radius 1 is 1.38 bits per heavy atom. The summed E-state index contributed by atoms with van der Waals surface area (Å²) in [6, 6.07) is 7.41. The lowest BCUT2D eigenvalue weighted by Gasteiger charge is -2.31. The second kappa shape index (κ2) is 10.1. The lowest BCUT2D eigenvalue weighted by atomic mass is 10.1. The number of guanidine groups is 1. The summed E-state index contributed by atoms with van der Waals surface area (Å²) in [5.41, 5.74) is 5.97. The van der Waals surface area contributed by atoms with Gasteiger partial charge in [0.25, 0.3) is 0 Å². The molecule has 1 heterocycles. The van der Waals surface area contributed by atoms with Crippen molar-refractivity contribution in [3.05, 3.63) is 29.3 Å². The number of nitrogens with one attached hydrogen (secondary N) is 1. The Morgan fingerprint density at radius 3 is 2.65 bits per heavy atom. The number of nitrogens with zero attached hydrogens (tertiary/aromatic N) is 2. The lowest BCUT2D eigenvalue weighted by Crippen LogP contribution is -2.48. The molecule has 0 saturated carbocycles. The number of piperidine rings is 1. The molecular formula is C18H27ClN4O3. The van der Waals surface area contributed by atoms with Crippen molar-refractivity contribution in [1.29, 1.82) is 0 Å². The molecule has 2 rings (SSSR count). The summed E-state index contributed by atoms with van der Waals surface area (Å²) >= 11 is 5.85. The highest BCUT2D eigenvalue weighted by atomic mass is 35.5. The number of benzene rings is 1. The first kappa shape index (κ1) is 20.2. The Kier molecular flexibility index (Phi) is 7.84. The van der Waals surface area contributed by atoms with Crippen molar-refractivity contribution in [2.24, 2.45) is 10.7 Å². The van der Waals surface area contributed by atoms with E-state index in [0.29, 0.717) is 37.2 Å². The summed E-state index contributed by atoms with van der Waals surface area (Å²) in [5.74, 6) is 1.14. The van der Waals surface area contributed by atoms with E-state index in [-0.39, 0.29) is 18.2 Å². The molecule has 1 aromatic carbocycles. The Labute approximate surface area is 159 Å². The van der Waals surface area contributed by atoms with E-state index in [4.69, 9.17) is 26.8 Å². The molecular weight excluding hydrogens is 356 g/mol. The third-order valence-corrected chi connectivity index (χ3v) is 4.29. The second-order valence-corrected chi connectivity index (χ2v) is 6.65. The van der Waals surface area contributed by atoms with Crippen LogP contribution < -0.4 is 15.8 Å². The molecule has 26 heavy (non-hydrogen) atoms. The summed E-state index contributed by atoms with van der Waals surface area (Å²) in [5, 5.41) is 3.88. The molecule has 0 spiro atoms. The minimum absolute atomic E-state index is 0.109.